The number of methoxy groups -OCH3 is 1. The molecular formula is C14H22FN3O2. The number of halogens is 1. The molecule has 0 aromatic heterocycles. The lowest BCUT2D eigenvalue weighted by Gasteiger charge is -2.17. The molecule has 5 nitrogen and oxygen atoms in total. The highest BCUT2D eigenvalue weighted by Crippen LogP contribution is 2.11. The normalized spacial score (nSPS) is 12.9. The molecule has 1 aromatic carbocycles. The molecule has 112 valence electrons. The molecule has 0 spiro atoms. The Bertz CT molecular complexity index is 427. The molecule has 0 saturated carbocycles. The Balaban J connectivity index is 2.25. The van der Waals surface area contributed by atoms with E-state index < -0.39 is 0 Å². The zero-order valence-corrected chi connectivity index (χ0v) is 12.1. The van der Waals surface area contributed by atoms with Crippen molar-refractivity contribution in [2.24, 2.45) is 4.99 Å². The molecule has 0 aliphatic carbocycles. The molecule has 1 atom stereocenters. The number of aliphatic imine (C=N–C) groups is 1. The van der Waals surface area contributed by atoms with Gasteiger partial charge in [-0.1, -0.05) is 6.07 Å². The lowest BCUT2D eigenvalue weighted by Crippen LogP contribution is -2.45. The number of hydrogen-bond donors (Lipinski definition) is 2. The number of guanidine groups is 1. The van der Waals surface area contributed by atoms with E-state index >= 15 is 0 Å². The number of hydrogen-bond acceptors (Lipinski definition) is 3. The first-order valence-electron chi connectivity index (χ1n) is 6.50. The molecule has 0 fully saturated rings. The minimum Gasteiger partial charge on any atom is -0.492 e. The van der Waals surface area contributed by atoms with E-state index in [0.717, 1.165) is 0 Å². The average Bonchev–Trinajstić information content (AvgIpc) is 2.42. The van der Waals surface area contributed by atoms with Crippen LogP contribution in [0, 0.1) is 5.82 Å². The molecular weight excluding hydrogens is 261 g/mol. The van der Waals surface area contributed by atoms with Gasteiger partial charge in [0.05, 0.1) is 13.2 Å². The molecule has 0 heterocycles. The van der Waals surface area contributed by atoms with Crippen LogP contribution in [0.4, 0.5) is 4.39 Å². The maximum atomic E-state index is 12.9. The fourth-order valence-electron chi connectivity index (χ4n) is 1.61. The summed E-state index contributed by atoms with van der Waals surface area (Å²) in [5.74, 6) is 0.890. The van der Waals surface area contributed by atoms with Crippen molar-refractivity contribution in [3.05, 3.63) is 30.1 Å². The van der Waals surface area contributed by atoms with E-state index in [1.54, 1.807) is 26.3 Å². The fraction of sp³-hybridized carbons (Fsp3) is 0.500. The summed E-state index contributed by atoms with van der Waals surface area (Å²) in [6, 6.07) is 6.24. The first-order chi connectivity index (χ1) is 9.65. The Labute approximate surface area is 119 Å². The maximum absolute atomic E-state index is 12.9. The van der Waals surface area contributed by atoms with Crippen LogP contribution >= 0.6 is 0 Å². The van der Waals surface area contributed by atoms with E-state index in [1.807, 2.05) is 6.92 Å². The molecule has 0 aliphatic heterocycles. The summed E-state index contributed by atoms with van der Waals surface area (Å²) in [6.07, 6.45) is 0. The van der Waals surface area contributed by atoms with Crippen molar-refractivity contribution in [1.82, 2.24) is 10.6 Å². The van der Waals surface area contributed by atoms with Crippen molar-refractivity contribution >= 4 is 5.96 Å². The van der Waals surface area contributed by atoms with Crippen molar-refractivity contribution in [1.29, 1.82) is 0 Å². The molecule has 1 aromatic rings. The first-order valence-corrected chi connectivity index (χ1v) is 6.50. The van der Waals surface area contributed by atoms with Crippen molar-refractivity contribution in [3.63, 3.8) is 0 Å². The number of nitrogens with one attached hydrogen (secondary N) is 2. The third-order valence-electron chi connectivity index (χ3n) is 2.48. The van der Waals surface area contributed by atoms with E-state index in [2.05, 4.69) is 15.6 Å². The van der Waals surface area contributed by atoms with Crippen LogP contribution in [0.15, 0.2) is 29.3 Å². The van der Waals surface area contributed by atoms with Crippen molar-refractivity contribution in [2.45, 2.75) is 13.0 Å². The predicted molar refractivity (Wildman–Crippen MR) is 77.7 cm³/mol. The lowest BCUT2D eigenvalue weighted by atomic mass is 10.3. The van der Waals surface area contributed by atoms with Gasteiger partial charge in [0.25, 0.3) is 0 Å². The smallest absolute Gasteiger partial charge is 0.191 e. The molecule has 6 heteroatoms. The van der Waals surface area contributed by atoms with Gasteiger partial charge < -0.3 is 20.1 Å². The van der Waals surface area contributed by atoms with Crippen LogP contribution in [-0.2, 0) is 4.74 Å². The van der Waals surface area contributed by atoms with Crippen molar-refractivity contribution < 1.29 is 13.9 Å². The van der Waals surface area contributed by atoms with Gasteiger partial charge in [0.15, 0.2) is 5.96 Å². The van der Waals surface area contributed by atoms with E-state index in [9.17, 15) is 4.39 Å². The van der Waals surface area contributed by atoms with E-state index in [-0.39, 0.29) is 11.9 Å². The van der Waals surface area contributed by atoms with Crippen molar-refractivity contribution in [3.8, 4) is 5.75 Å². The average molecular weight is 283 g/mol. The van der Waals surface area contributed by atoms with Gasteiger partial charge in [-0.15, -0.1) is 0 Å². The molecule has 20 heavy (non-hydrogen) atoms. The van der Waals surface area contributed by atoms with Crippen LogP contribution in [0.25, 0.3) is 0 Å². The number of nitrogens with zero attached hydrogens (tertiary/aromatic N) is 1. The van der Waals surface area contributed by atoms with Crippen LogP contribution in [0.1, 0.15) is 6.92 Å². The predicted octanol–water partition coefficient (Wildman–Crippen LogP) is 1.40. The monoisotopic (exact) mass is 283 g/mol. The van der Waals surface area contributed by atoms with Crippen LogP contribution in [0.3, 0.4) is 0 Å². The number of ether oxygens (including phenoxy) is 2. The maximum Gasteiger partial charge on any atom is 0.191 e. The number of benzene rings is 1. The summed E-state index contributed by atoms with van der Waals surface area (Å²) in [7, 11) is 3.35. The summed E-state index contributed by atoms with van der Waals surface area (Å²) in [5.41, 5.74) is 0. The SMILES string of the molecule is CN=C(NCCOc1cccc(F)c1)NC(C)COC. The van der Waals surface area contributed by atoms with E-state index in [1.165, 1.54) is 12.1 Å². The number of rotatable bonds is 7. The summed E-state index contributed by atoms with van der Waals surface area (Å²) in [6.45, 7) is 3.58. The van der Waals surface area contributed by atoms with Crippen LogP contribution in [-0.4, -0.2) is 45.9 Å². The highest BCUT2D eigenvalue weighted by molar-refractivity contribution is 5.79. The molecule has 1 rings (SSSR count). The highest BCUT2D eigenvalue weighted by Gasteiger charge is 2.04. The topological polar surface area (TPSA) is 54.9 Å². The Hall–Kier alpha value is -1.82. The fourth-order valence-corrected chi connectivity index (χ4v) is 1.61. The van der Waals surface area contributed by atoms with Gasteiger partial charge in [0.2, 0.25) is 0 Å². The van der Waals surface area contributed by atoms with Gasteiger partial charge in [-0.25, -0.2) is 4.39 Å². The lowest BCUT2D eigenvalue weighted by molar-refractivity contribution is 0.179. The molecule has 1 unspecified atom stereocenters. The molecule has 2 N–H and O–H groups in total. The zero-order chi connectivity index (χ0) is 14.8. The molecule has 0 radical (unpaired) electrons. The second-order valence-electron chi connectivity index (χ2n) is 4.31. The van der Waals surface area contributed by atoms with Gasteiger partial charge in [-0.05, 0) is 19.1 Å². The highest BCUT2D eigenvalue weighted by atomic mass is 19.1. The first kappa shape index (κ1) is 16.2. The van der Waals surface area contributed by atoms with Crippen molar-refractivity contribution in [2.75, 3.05) is 33.9 Å². The standard InChI is InChI=1S/C14H22FN3O2/c1-11(10-19-3)18-14(16-2)17-7-8-20-13-6-4-5-12(15)9-13/h4-6,9,11H,7-8,10H2,1-3H3,(H2,16,17,18). The molecule has 0 aliphatic rings. The van der Waals surface area contributed by atoms with Crippen LogP contribution in [0.5, 0.6) is 5.75 Å². The Morgan fingerprint density at radius 1 is 1.45 bits per heavy atom. The Kier molecular flexibility index (Phi) is 7.42. The minimum absolute atomic E-state index is 0.162. The van der Waals surface area contributed by atoms with Crippen LogP contribution in [0.2, 0.25) is 0 Å². The third-order valence-corrected chi connectivity index (χ3v) is 2.48. The van der Waals surface area contributed by atoms with Gasteiger partial charge in [-0.2, -0.15) is 0 Å². The summed E-state index contributed by atoms with van der Waals surface area (Å²) in [4.78, 5) is 4.09. The second-order valence-corrected chi connectivity index (χ2v) is 4.31. The molecule has 0 amide bonds. The minimum atomic E-state index is -0.304. The third kappa shape index (κ3) is 6.38. The van der Waals surface area contributed by atoms with E-state index in [4.69, 9.17) is 9.47 Å². The quantitative estimate of drug-likeness (QED) is 0.451. The van der Waals surface area contributed by atoms with Gasteiger partial charge in [-0.3, -0.25) is 4.99 Å². The van der Waals surface area contributed by atoms with Gasteiger partial charge in [0, 0.05) is 26.3 Å². The Morgan fingerprint density at radius 2 is 2.25 bits per heavy atom. The largest absolute Gasteiger partial charge is 0.492 e. The Morgan fingerprint density at radius 3 is 2.90 bits per heavy atom. The molecule has 0 saturated heterocycles. The van der Waals surface area contributed by atoms with E-state index in [0.29, 0.717) is 31.5 Å². The second kappa shape index (κ2) is 9.14. The van der Waals surface area contributed by atoms with Crippen LogP contribution < -0.4 is 15.4 Å². The summed E-state index contributed by atoms with van der Waals surface area (Å²) in [5, 5.41) is 6.28. The molecule has 0 bridgehead atoms. The van der Waals surface area contributed by atoms with Gasteiger partial charge >= 0.3 is 0 Å². The van der Waals surface area contributed by atoms with Gasteiger partial charge in [0.1, 0.15) is 18.2 Å². The summed E-state index contributed by atoms with van der Waals surface area (Å²) >= 11 is 0. The zero-order valence-electron chi connectivity index (χ0n) is 12.1. The summed E-state index contributed by atoms with van der Waals surface area (Å²) < 4.78 is 23.4.